The Labute approximate surface area is 173 Å². The molecule has 7 heteroatoms. The van der Waals surface area contributed by atoms with Gasteiger partial charge in [-0.2, -0.15) is 0 Å². The van der Waals surface area contributed by atoms with Gasteiger partial charge < -0.3 is 19.7 Å². The van der Waals surface area contributed by atoms with Crippen molar-refractivity contribution in [2.24, 2.45) is 11.8 Å². The van der Waals surface area contributed by atoms with E-state index >= 15 is 0 Å². The molecule has 0 unspecified atom stereocenters. The quantitative estimate of drug-likeness (QED) is 0.840. The molecule has 1 saturated carbocycles. The lowest BCUT2D eigenvalue weighted by Crippen LogP contribution is -2.45. The molecular weight excluding hydrogens is 370 g/mol. The summed E-state index contributed by atoms with van der Waals surface area (Å²) in [5.74, 6) is 0.800. The minimum Gasteiger partial charge on any atom is -0.491 e. The summed E-state index contributed by atoms with van der Waals surface area (Å²) < 4.78 is 11.8. The van der Waals surface area contributed by atoms with Crippen molar-refractivity contribution >= 4 is 17.5 Å². The van der Waals surface area contributed by atoms with Crippen LogP contribution in [0.4, 0.5) is 5.69 Å². The lowest BCUT2D eigenvalue weighted by molar-refractivity contribution is -0.117. The van der Waals surface area contributed by atoms with Crippen molar-refractivity contribution in [2.45, 2.75) is 38.8 Å². The number of methoxy groups -OCH3 is 1. The highest BCUT2D eigenvalue weighted by Gasteiger charge is 2.30. The number of hydrogen-bond donors (Lipinski definition) is 1. The first-order valence-corrected chi connectivity index (χ1v) is 10.4. The van der Waals surface area contributed by atoms with Crippen LogP contribution in [0.15, 0.2) is 18.2 Å². The van der Waals surface area contributed by atoms with Crippen LogP contribution in [0.2, 0.25) is 0 Å². The largest absolute Gasteiger partial charge is 0.491 e. The molecule has 3 rings (SSSR count). The zero-order chi connectivity index (χ0) is 21.1. The zero-order valence-corrected chi connectivity index (χ0v) is 18.1. The average Bonchev–Trinajstić information content (AvgIpc) is 3.54. The summed E-state index contributed by atoms with van der Waals surface area (Å²) in [5, 5.41) is 2.93. The number of ether oxygens (including phenoxy) is 2. The molecule has 1 N–H and O–H groups in total. The molecule has 2 amide bonds. The second kappa shape index (κ2) is 9.13. The molecule has 160 valence electrons. The summed E-state index contributed by atoms with van der Waals surface area (Å²) in [7, 11) is 5.55. The molecule has 29 heavy (non-hydrogen) atoms. The van der Waals surface area contributed by atoms with Crippen molar-refractivity contribution in [3.05, 3.63) is 23.8 Å². The first-order chi connectivity index (χ1) is 13.8. The molecule has 1 fully saturated rings. The second-order valence-corrected chi connectivity index (χ2v) is 8.51. The van der Waals surface area contributed by atoms with E-state index in [1.165, 1.54) is 0 Å². The molecule has 0 radical (unpaired) electrons. The van der Waals surface area contributed by atoms with Crippen LogP contribution in [0, 0.1) is 11.8 Å². The van der Waals surface area contributed by atoms with Crippen LogP contribution in [0.3, 0.4) is 0 Å². The minimum absolute atomic E-state index is 0.0339. The lowest BCUT2D eigenvalue weighted by atomic mass is 10.0. The number of likely N-dealkylation sites (N-methyl/N-ethyl adjacent to an activating group) is 2. The van der Waals surface area contributed by atoms with Crippen LogP contribution in [0.1, 0.15) is 37.0 Å². The van der Waals surface area contributed by atoms with Gasteiger partial charge in [-0.25, -0.2) is 0 Å². The van der Waals surface area contributed by atoms with Crippen molar-refractivity contribution in [1.29, 1.82) is 0 Å². The van der Waals surface area contributed by atoms with Gasteiger partial charge in [0.15, 0.2) is 0 Å². The summed E-state index contributed by atoms with van der Waals surface area (Å²) in [6.07, 6.45) is 1.83. The van der Waals surface area contributed by atoms with Crippen LogP contribution in [0.5, 0.6) is 5.75 Å². The van der Waals surface area contributed by atoms with Crippen LogP contribution < -0.4 is 10.1 Å². The summed E-state index contributed by atoms with van der Waals surface area (Å²) >= 11 is 0. The minimum atomic E-state index is -0.115. The summed E-state index contributed by atoms with van der Waals surface area (Å²) in [6, 6.07) is 5.43. The summed E-state index contributed by atoms with van der Waals surface area (Å²) in [4.78, 5) is 29.2. The molecule has 2 aliphatic rings. The maximum absolute atomic E-state index is 13.1. The van der Waals surface area contributed by atoms with E-state index < -0.39 is 0 Å². The number of benzene rings is 1. The van der Waals surface area contributed by atoms with Crippen LogP contribution in [-0.4, -0.2) is 74.7 Å². The molecule has 0 spiro atoms. The predicted octanol–water partition coefficient (Wildman–Crippen LogP) is 2.47. The molecular formula is C22H33N3O4. The Morgan fingerprint density at radius 3 is 2.59 bits per heavy atom. The Balaban J connectivity index is 1.88. The van der Waals surface area contributed by atoms with Crippen LogP contribution in [-0.2, 0) is 9.53 Å². The number of hydrogen-bond acceptors (Lipinski definition) is 5. The second-order valence-electron chi connectivity index (χ2n) is 8.51. The normalized spacial score (nSPS) is 26.7. The number of anilines is 1. The number of amides is 2. The van der Waals surface area contributed by atoms with E-state index in [-0.39, 0.29) is 35.8 Å². The van der Waals surface area contributed by atoms with Gasteiger partial charge in [-0.3, -0.25) is 14.5 Å². The number of carbonyl (C=O) groups is 2. The fraction of sp³-hybridized carbons (Fsp3) is 0.636. The maximum Gasteiger partial charge on any atom is 0.257 e. The van der Waals surface area contributed by atoms with Crippen LogP contribution >= 0.6 is 0 Å². The van der Waals surface area contributed by atoms with Gasteiger partial charge in [-0.1, -0.05) is 6.92 Å². The molecule has 1 aromatic rings. The topological polar surface area (TPSA) is 71.1 Å². The molecule has 0 saturated heterocycles. The SMILES string of the molecule is CO[C@H]1CN(C)C(=O)c2ccc(NC(=O)C3CC3)cc2OC[C@H](C)N(C)C[C@@H]1C. The van der Waals surface area contributed by atoms with Gasteiger partial charge in [0.2, 0.25) is 5.91 Å². The molecule has 3 atom stereocenters. The Morgan fingerprint density at radius 1 is 1.21 bits per heavy atom. The number of fused-ring (bicyclic) bond motifs is 1. The van der Waals surface area contributed by atoms with Crippen LogP contribution in [0.25, 0.3) is 0 Å². The highest BCUT2D eigenvalue weighted by molar-refractivity contribution is 5.99. The Hall–Kier alpha value is -2.12. The Kier molecular flexibility index (Phi) is 6.80. The van der Waals surface area contributed by atoms with E-state index in [0.29, 0.717) is 30.2 Å². The molecule has 1 aliphatic heterocycles. The third-order valence-corrected chi connectivity index (χ3v) is 5.97. The molecule has 1 aliphatic carbocycles. The van der Waals surface area contributed by atoms with E-state index in [1.807, 2.05) is 0 Å². The first-order valence-electron chi connectivity index (χ1n) is 10.4. The van der Waals surface area contributed by atoms with Gasteiger partial charge in [0.25, 0.3) is 5.91 Å². The molecule has 0 bridgehead atoms. The third-order valence-electron chi connectivity index (χ3n) is 5.97. The van der Waals surface area contributed by atoms with Gasteiger partial charge in [-0.05, 0) is 44.9 Å². The predicted molar refractivity (Wildman–Crippen MR) is 112 cm³/mol. The molecule has 1 aromatic carbocycles. The van der Waals surface area contributed by atoms with E-state index in [1.54, 1.807) is 37.3 Å². The van der Waals surface area contributed by atoms with E-state index in [4.69, 9.17) is 9.47 Å². The third kappa shape index (κ3) is 5.28. The van der Waals surface area contributed by atoms with Crippen molar-refractivity contribution in [3.63, 3.8) is 0 Å². The van der Waals surface area contributed by atoms with Crippen molar-refractivity contribution in [2.75, 3.05) is 46.2 Å². The van der Waals surface area contributed by atoms with Gasteiger partial charge in [0.05, 0.1) is 11.7 Å². The Morgan fingerprint density at radius 2 is 1.93 bits per heavy atom. The van der Waals surface area contributed by atoms with Crippen molar-refractivity contribution in [1.82, 2.24) is 9.80 Å². The fourth-order valence-electron chi connectivity index (χ4n) is 3.62. The average molecular weight is 404 g/mol. The number of nitrogens with zero attached hydrogens (tertiary/aromatic N) is 2. The van der Waals surface area contributed by atoms with Crippen molar-refractivity contribution in [3.8, 4) is 5.75 Å². The number of carbonyl (C=O) groups excluding carboxylic acids is 2. The number of nitrogens with one attached hydrogen (secondary N) is 1. The standard InChI is InChI=1S/C22H33N3O4/c1-14-11-24(3)15(2)13-29-19-10-17(23-21(26)16-6-7-16)8-9-18(19)22(27)25(4)12-20(14)28-5/h8-10,14-16,20H,6-7,11-13H2,1-5H3,(H,23,26)/t14-,15-,20-/m0/s1. The Bertz CT molecular complexity index is 750. The van der Waals surface area contributed by atoms with Gasteiger partial charge in [0, 0.05) is 51.0 Å². The van der Waals surface area contributed by atoms with E-state index in [0.717, 1.165) is 19.4 Å². The van der Waals surface area contributed by atoms with E-state index in [2.05, 4.69) is 31.1 Å². The van der Waals surface area contributed by atoms with Crippen molar-refractivity contribution < 1.29 is 19.1 Å². The monoisotopic (exact) mass is 403 g/mol. The maximum atomic E-state index is 13.1. The highest BCUT2D eigenvalue weighted by Crippen LogP contribution is 2.31. The number of rotatable bonds is 3. The van der Waals surface area contributed by atoms with Gasteiger partial charge in [-0.15, -0.1) is 0 Å². The molecule has 1 heterocycles. The molecule has 7 nitrogen and oxygen atoms in total. The van der Waals surface area contributed by atoms with E-state index in [9.17, 15) is 9.59 Å². The van der Waals surface area contributed by atoms with Gasteiger partial charge in [0.1, 0.15) is 12.4 Å². The first kappa shape index (κ1) is 21.6. The summed E-state index contributed by atoms with van der Waals surface area (Å²) in [6.45, 7) is 6.04. The lowest BCUT2D eigenvalue weighted by Gasteiger charge is -2.34. The smallest absolute Gasteiger partial charge is 0.257 e. The van der Waals surface area contributed by atoms with Gasteiger partial charge >= 0.3 is 0 Å². The fourth-order valence-corrected chi connectivity index (χ4v) is 3.62. The highest BCUT2D eigenvalue weighted by atomic mass is 16.5. The zero-order valence-electron chi connectivity index (χ0n) is 18.1. The summed E-state index contributed by atoms with van der Waals surface area (Å²) in [5.41, 5.74) is 1.16. The molecule has 0 aromatic heterocycles.